The van der Waals surface area contributed by atoms with Crippen molar-refractivity contribution in [1.29, 1.82) is 0 Å². The fourth-order valence-electron chi connectivity index (χ4n) is 2.49. The van der Waals surface area contributed by atoms with Crippen molar-refractivity contribution < 1.29 is 12.8 Å². The van der Waals surface area contributed by atoms with Crippen LogP contribution in [-0.2, 0) is 21.8 Å². The fourth-order valence-corrected chi connectivity index (χ4v) is 3.00. The van der Waals surface area contributed by atoms with E-state index in [0.29, 0.717) is 25.2 Å². The van der Waals surface area contributed by atoms with Crippen LogP contribution in [0.2, 0.25) is 0 Å². The van der Waals surface area contributed by atoms with Crippen LogP contribution in [0.25, 0.3) is 11.1 Å². The minimum absolute atomic E-state index is 0. The number of sulfone groups is 1. The molecule has 2 aromatic rings. The average Bonchev–Trinajstić information content (AvgIpc) is 2.75. The van der Waals surface area contributed by atoms with Crippen LogP contribution in [-0.4, -0.2) is 38.1 Å². The van der Waals surface area contributed by atoms with Gasteiger partial charge in [0.25, 0.3) is 0 Å². The van der Waals surface area contributed by atoms with Crippen molar-refractivity contribution in [2.75, 3.05) is 25.1 Å². The minimum Gasteiger partial charge on any atom is -0.408 e. The summed E-state index contributed by atoms with van der Waals surface area (Å²) in [4.78, 5) is 12.0. The SMILES string of the molecule is CC(C)(C)c1ccc2oc(=O)n(CCCNCCS(C)(=O)=O)c2c1.Cl. The number of fused-ring (bicyclic) bond motifs is 1. The van der Waals surface area contributed by atoms with E-state index in [1.54, 1.807) is 4.57 Å². The quantitative estimate of drug-likeness (QED) is 0.734. The highest BCUT2D eigenvalue weighted by molar-refractivity contribution is 7.90. The van der Waals surface area contributed by atoms with Crippen molar-refractivity contribution in [3.63, 3.8) is 0 Å². The molecule has 0 saturated heterocycles. The van der Waals surface area contributed by atoms with Crippen LogP contribution < -0.4 is 11.1 Å². The number of oxazole rings is 1. The van der Waals surface area contributed by atoms with E-state index < -0.39 is 9.84 Å². The topological polar surface area (TPSA) is 81.3 Å². The molecule has 6 nitrogen and oxygen atoms in total. The first kappa shape index (κ1) is 21.7. The number of hydrogen-bond donors (Lipinski definition) is 1. The second-order valence-corrected chi connectivity index (χ2v) is 9.45. The molecule has 0 saturated carbocycles. The largest absolute Gasteiger partial charge is 0.419 e. The third-order valence-electron chi connectivity index (χ3n) is 3.92. The van der Waals surface area contributed by atoms with Gasteiger partial charge in [-0.1, -0.05) is 26.8 Å². The molecule has 142 valence electrons. The molecule has 1 aromatic heterocycles. The Hall–Kier alpha value is -1.31. The van der Waals surface area contributed by atoms with Gasteiger partial charge in [0.2, 0.25) is 0 Å². The number of aromatic nitrogens is 1. The molecule has 1 heterocycles. The fraction of sp³-hybridized carbons (Fsp3) is 0.588. The third-order valence-corrected chi connectivity index (χ3v) is 4.86. The van der Waals surface area contributed by atoms with Crippen molar-refractivity contribution >= 4 is 33.3 Å². The maximum atomic E-state index is 12.0. The molecule has 1 N–H and O–H groups in total. The Kier molecular flexibility index (Phi) is 7.28. The zero-order chi connectivity index (χ0) is 18.0. The van der Waals surface area contributed by atoms with E-state index in [0.717, 1.165) is 17.5 Å². The van der Waals surface area contributed by atoms with Crippen molar-refractivity contribution in [2.45, 2.75) is 39.2 Å². The van der Waals surface area contributed by atoms with Gasteiger partial charge in [-0.3, -0.25) is 4.57 Å². The first-order chi connectivity index (χ1) is 11.1. The Balaban J connectivity index is 0.00000312. The second-order valence-electron chi connectivity index (χ2n) is 7.19. The van der Waals surface area contributed by atoms with Gasteiger partial charge in [0.1, 0.15) is 9.84 Å². The number of hydrogen-bond acceptors (Lipinski definition) is 5. The van der Waals surface area contributed by atoms with Gasteiger partial charge < -0.3 is 9.73 Å². The molecule has 8 heteroatoms. The van der Waals surface area contributed by atoms with Crippen LogP contribution in [0.15, 0.2) is 27.4 Å². The van der Waals surface area contributed by atoms with Crippen molar-refractivity contribution in [2.24, 2.45) is 0 Å². The summed E-state index contributed by atoms with van der Waals surface area (Å²) in [5.74, 6) is -0.233. The summed E-state index contributed by atoms with van der Waals surface area (Å²) in [6.45, 7) is 7.99. The first-order valence-electron chi connectivity index (χ1n) is 8.10. The van der Waals surface area contributed by atoms with E-state index in [2.05, 4.69) is 26.1 Å². The van der Waals surface area contributed by atoms with Crippen LogP contribution in [0, 0.1) is 0 Å². The zero-order valence-corrected chi connectivity index (χ0v) is 16.8. The van der Waals surface area contributed by atoms with Crippen molar-refractivity contribution in [3.8, 4) is 0 Å². The van der Waals surface area contributed by atoms with E-state index in [4.69, 9.17) is 4.42 Å². The summed E-state index contributed by atoms with van der Waals surface area (Å²) >= 11 is 0. The molecule has 0 fully saturated rings. The predicted octanol–water partition coefficient (Wildman–Crippen LogP) is 2.34. The molecule has 0 atom stereocenters. The minimum atomic E-state index is -2.94. The highest BCUT2D eigenvalue weighted by Crippen LogP contribution is 2.25. The van der Waals surface area contributed by atoms with Gasteiger partial charge in [0.15, 0.2) is 5.58 Å². The van der Waals surface area contributed by atoms with Gasteiger partial charge in [0, 0.05) is 19.3 Å². The molecule has 1 aromatic carbocycles. The van der Waals surface area contributed by atoms with Crippen LogP contribution in [0.1, 0.15) is 32.8 Å². The van der Waals surface area contributed by atoms with Crippen LogP contribution in [0.3, 0.4) is 0 Å². The van der Waals surface area contributed by atoms with Gasteiger partial charge >= 0.3 is 5.76 Å². The smallest absolute Gasteiger partial charge is 0.408 e. The molecule has 0 aliphatic carbocycles. The van der Waals surface area contributed by atoms with Gasteiger partial charge in [-0.2, -0.15) is 0 Å². The summed E-state index contributed by atoms with van der Waals surface area (Å²) in [5, 5.41) is 3.08. The molecule has 0 amide bonds. The molecule has 2 rings (SSSR count). The zero-order valence-electron chi connectivity index (χ0n) is 15.2. The number of nitrogens with zero attached hydrogens (tertiary/aromatic N) is 1. The van der Waals surface area contributed by atoms with E-state index in [1.807, 2.05) is 18.2 Å². The Bertz CT molecular complexity index is 863. The number of rotatable bonds is 7. The maximum Gasteiger partial charge on any atom is 0.419 e. The lowest BCUT2D eigenvalue weighted by molar-refractivity contribution is 0.492. The molecule has 0 aliphatic rings. The Morgan fingerprint density at radius 2 is 1.88 bits per heavy atom. The van der Waals surface area contributed by atoms with E-state index in [9.17, 15) is 13.2 Å². The third kappa shape index (κ3) is 6.17. The monoisotopic (exact) mass is 390 g/mol. The molecule has 0 unspecified atom stereocenters. The van der Waals surface area contributed by atoms with Crippen LogP contribution in [0.4, 0.5) is 0 Å². The number of aryl methyl sites for hydroxylation is 1. The van der Waals surface area contributed by atoms with E-state index in [1.165, 1.54) is 6.26 Å². The van der Waals surface area contributed by atoms with E-state index >= 15 is 0 Å². The summed E-state index contributed by atoms with van der Waals surface area (Å²) in [5.41, 5.74) is 2.55. The summed E-state index contributed by atoms with van der Waals surface area (Å²) in [6, 6.07) is 5.85. The standard InChI is InChI=1S/C17H26N2O4S.ClH/c1-17(2,3)13-6-7-15-14(12-13)19(16(20)23-15)10-5-8-18-9-11-24(4,21)22;/h6-7,12,18H,5,8-11H2,1-4H3;1H. The number of nitrogens with one attached hydrogen (secondary N) is 1. The molecule has 0 radical (unpaired) electrons. The Morgan fingerprint density at radius 1 is 1.20 bits per heavy atom. The number of halogens is 1. The van der Waals surface area contributed by atoms with Crippen LogP contribution in [0.5, 0.6) is 0 Å². The lowest BCUT2D eigenvalue weighted by Gasteiger charge is -2.18. The van der Waals surface area contributed by atoms with Crippen molar-refractivity contribution in [1.82, 2.24) is 9.88 Å². The summed E-state index contributed by atoms with van der Waals surface area (Å²) in [6.07, 6.45) is 1.94. The lowest BCUT2D eigenvalue weighted by Crippen LogP contribution is -2.25. The normalized spacial score (nSPS) is 12.3. The predicted molar refractivity (Wildman–Crippen MR) is 104 cm³/mol. The molecular formula is C17H27ClN2O4S. The lowest BCUT2D eigenvalue weighted by atomic mass is 9.87. The molecular weight excluding hydrogens is 364 g/mol. The van der Waals surface area contributed by atoms with Gasteiger partial charge in [-0.15, -0.1) is 12.4 Å². The summed E-state index contributed by atoms with van der Waals surface area (Å²) in [7, 11) is -2.94. The summed E-state index contributed by atoms with van der Waals surface area (Å²) < 4.78 is 29.1. The molecule has 0 spiro atoms. The highest BCUT2D eigenvalue weighted by Gasteiger charge is 2.17. The average molecular weight is 391 g/mol. The van der Waals surface area contributed by atoms with E-state index in [-0.39, 0.29) is 29.3 Å². The maximum absolute atomic E-state index is 12.0. The molecule has 0 aliphatic heterocycles. The Morgan fingerprint density at radius 3 is 2.48 bits per heavy atom. The second kappa shape index (κ2) is 8.38. The van der Waals surface area contributed by atoms with Crippen molar-refractivity contribution in [3.05, 3.63) is 34.3 Å². The molecule has 0 bridgehead atoms. The van der Waals surface area contributed by atoms with Gasteiger partial charge in [-0.25, -0.2) is 13.2 Å². The van der Waals surface area contributed by atoms with Gasteiger partial charge in [0.05, 0.1) is 11.3 Å². The van der Waals surface area contributed by atoms with Gasteiger partial charge in [-0.05, 0) is 36.1 Å². The Labute approximate surface area is 154 Å². The van der Waals surface area contributed by atoms with Crippen LogP contribution >= 0.6 is 12.4 Å². The molecule has 25 heavy (non-hydrogen) atoms. The number of benzene rings is 1. The highest BCUT2D eigenvalue weighted by atomic mass is 35.5. The first-order valence-corrected chi connectivity index (χ1v) is 10.2.